The van der Waals surface area contributed by atoms with E-state index in [9.17, 15) is 0 Å². The first-order valence-electron chi connectivity index (χ1n) is 34.2. The minimum atomic E-state index is 0.504. The molecule has 0 saturated carbocycles. The molecule has 0 bridgehead atoms. The highest BCUT2D eigenvalue weighted by Gasteiger charge is 2.29. The number of aromatic nitrogens is 6. The van der Waals surface area contributed by atoms with Crippen LogP contribution in [0.2, 0.25) is 0 Å². The van der Waals surface area contributed by atoms with E-state index in [-0.39, 0.29) is 0 Å². The smallest absolute Gasteiger partial charge is 0.164 e. The molecule has 0 aliphatic rings. The molecule has 0 N–H and O–H groups in total. The molecule has 8 nitrogen and oxygen atoms in total. The van der Waals surface area contributed by atoms with Crippen LogP contribution in [0.1, 0.15) is 0 Å². The summed E-state index contributed by atoms with van der Waals surface area (Å²) < 4.78 is 20.7. The van der Waals surface area contributed by atoms with Gasteiger partial charge in [-0.3, -0.25) is 0 Å². The fourth-order valence-corrected chi connectivity index (χ4v) is 15.9. The van der Waals surface area contributed by atoms with Gasteiger partial charge in [0, 0.05) is 92.8 Å². The van der Waals surface area contributed by atoms with Gasteiger partial charge < -0.3 is 22.5 Å². The summed E-state index contributed by atoms with van der Waals surface area (Å²) >= 11 is 0. The second-order valence-corrected chi connectivity index (χ2v) is 26.2. The van der Waals surface area contributed by atoms with Crippen LogP contribution in [-0.2, 0) is 0 Å². The van der Waals surface area contributed by atoms with Crippen LogP contribution in [0.5, 0.6) is 0 Å². The third kappa shape index (κ3) is 8.92. The van der Waals surface area contributed by atoms with Crippen molar-refractivity contribution in [3.05, 3.63) is 340 Å². The predicted molar refractivity (Wildman–Crippen MR) is 415 cm³/mol. The highest BCUT2D eigenvalue weighted by molar-refractivity contribution is 6.18. The van der Waals surface area contributed by atoms with Gasteiger partial charge in [0.15, 0.2) is 17.5 Å². The fraction of sp³-hybridized carbons (Fsp3) is 0. The average molecular weight is 1290 g/mol. The lowest BCUT2D eigenvalue weighted by molar-refractivity contribution is 0.668. The lowest BCUT2D eigenvalue weighted by Crippen LogP contribution is -2.05. The lowest BCUT2D eigenvalue weighted by Gasteiger charge is -2.22. The molecule has 0 fully saturated rings. The Morgan fingerprint density at radius 2 is 0.495 bits per heavy atom. The van der Waals surface area contributed by atoms with Gasteiger partial charge in [0.1, 0.15) is 22.3 Å². The van der Waals surface area contributed by atoms with Gasteiger partial charge in [-0.25, -0.2) is 15.0 Å². The molecular formula is C93H56N6O2. The SMILES string of the molecule is c1ccc(-c2cc3c4cc(-c5ccccc5)c(-n5c6ccccc6c6ccccc65)cc4n(-c4c(-c5ccccc5)cc(-c5nc(-c6ccc7c(c6)oc6ccccc67)nc(-c6ccc7c(c6)oc6ccccc67)n5)cc4-c4ccccc4)c3cc2-n2c3ccccc3c3ccccc32)cc1. The zero-order valence-electron chi connectivity index (χ0n) is 54.3. The highest BCUT2D eigenvalue weighted by atomic mass is 16.3. The topological polar surface area (TPSA) is 79.7 Å². The summed E-state index contributed by atoms with van der Waals surface area (Å²) in [5.41, 5.74) is 23.6. The molecule has 0 aliphatic heterocycles. The van der Waals surface area contributed by atoms with Crippen LogP contribution in [0.15, 0.2) is 349 Å². The minimum Gasteiger partial charge on any atom is -0.456 e. The maximum Gasteiger partial charge on any atom is 0.164 e. The van der Waals surface area contributed by atoms with E-state index in [1.807, 2.05) is 36.4 Å². The van der Waals surface area contributed by atoms with E-state index in [2.05, 4.69) is 317 Å². The third-order valence-corrected chi connectivity index (χ3v) is 20.5. The van der Waals surface area contributed by atoms with Crippen molar-refractivity contribution in [2.45, 2.75) is 0 Å². The highest BCUT2D eigenvalue weighted by Crippen LogP contribution is 2.50. The van der Waals surface area contributed by atoms with E-state index < -0.39 is 0 Å². The number of furan rings is 2. The molecule has 21 rings (SSSR count). The molecule has 0 amide bonds. The van der Waals surface area contributed by atoms with Crippen molar-refractivity contribution in [1.29, 1.82) is 0 Å². The van der Waals surface area contributed by atoms with Crippen molar-refractivity contribution in [1.82, 2.24) is 28.7 Å². The summed E-state index contributed by atoms with van der Waals surface area (Å²) in [5, 5.41) is 11.1. The molecule has 470 valence electrons. The number of hydrogen-bond acceptors (Lipinski definition) is 5. The zero-order valence-corrected chi connectivity index (χ0v) is 54.3. The van der Waals surface area contributed by atoms with Crippen LogP contribution < -0.4 is 0 Å². The first-order chi connectivity index (χ1) is 50.1. The van der Waals surface area contributed by atoms with Crippen molar-refractivity contribution < 1.29 is 8.83 Å². The van der Waals surface area contributed by atoms with Gasteiger partial charge in [0.2, 0.25) is 0 Å². The number of para-hydroxylation sites is 6. The number of fused-ring (bicyclic) bond motifs is 15. The van der Waals surface area contributed by atoms with Crippen molar-refractivity contribution in [2.75, 3.05) is 0 Å². The van der Waals surface area contributed by atoms with Gasteiger partial charge in [-0.2, -0.15) is 0 Å². The second-order valence-electron chi connectivity index (χ2n) is 26.2. The molecule has 0 saturated heterocycles. The monoisotopic (exact) mass is 1290 g/mol. The van der Waals surface area contributed by atoms with Crippen LogP contribution >= 0.6 is 0 Å². The maximum atomic E-state index is 6.56. The molecule has 21 aromatic rings. The van der Waals surface area contributed by atoms with Crippen molar-refractivity contribution >= 4 is 109 Å². The Morgan fingerprint density at radius 3 is 0.871 bits per heavy atom. The molecule has 8 heteroatoms. The number of hydrogen-bond donors (Lipinski definition) is 0. The van der Waals surface area contributed by atoms with Crippen LogP contribution in [-0.4, -0.2) is 28.7 Å². The van der Waals surface area contributed by atoms with Crippen LogP contribution in [0.25, 0.3) is 205 Å². The minimum absolute atomic E-state index is 0.504. The molecule has 101 heavy (non-hydrogen) atoms. The standard InChI is InChI=1S/C93H56N6O2/c1-5-25-57(26-6-1)72-53-76-77-54-73(58-27-7-2-8-28-58)83(98-80-41-21-15-35-66(80)67-36-16-22-42-81(67)98)56-85(77)99(84(76)55-82(72)97-78-39-19-13-33-64(78)65-34-14-20-40-79(65)97)90-74(59-29-9-3-10-30-59)49-63(50-75(90)60-31-11-4-12-32-60)93-95-91(61-45-47-70-68-37-17-23-43-86(68)100-88(70)51-61)94-92(96-93)62-46-48-71-69-38-18-24-44-87(69)101-89(71)52-62/h1-56H. The number of rotatable bonds is 10. The van der Waals surface area contributed by atoms with Crippen molar-refractivity contribution in [2.24, 2.45) is 0 Å². The van der Waals surface area contributed by atoms with E-state index in [4.69, 9.17) is 23.8 Å². The maximum absolute atomic E-state index is 6.56. The predicted octanol–water partition coefficient (Wildman–Crippen LogP) is 24.6. The fourth-order valence-electron chi connectivity index (χ4n) is 15.9. The summed E-state index contributed by atoms with van der Waals surface area (Å²) in [6, 6.07) is 122. The molecule has 0 atom stereocenters. The zero-order chi connectivity index (χ0) is 66.2. The van der Waals surface area contributed by atoms with Crippen LogP contribution in [0.3, 0.4) is 0 Å². The number of nitrogens with zero attached hydrogens (tertiary/aromatic N) is 6. The van der Waals surface area contributed by atoms with Gasteiger partial charge in [-0.15, -0.1) is 0 Å². The van der Waals surface area contributed by atoms with Crippen LogP contribution in [0, 0.1) is 0 Å². The Labute approximate surface area is 578 Å². The quantitative estimate of drug-likeness (QED) is 0.136. The van der Waals surface area contributed by atoms with E-state index in [1.165, 1.54) is 21.5 Å². The molecule has 0 radical (unpaired) electrons. The van der Waals surface area contributed by atoms with Crippen molar-refractivity contribution in [3.63, 3.8) is 0 Å². The molecule has 0 unspecified atom stereocenters. The molecule has 0 spiro atoms. The van der Waals surface area contributed by atoms with Gasteiger partial charge >= 0.3 is 0 Å². The van der Waals surface area contributed by atoms with Gasteiger partial charge in [-0.1, -0.05) is 243 Å². The van der Waals surface area contributed by atoms with E-state index in [1.54, 1.807) is 0 Å². The summed E-state index contributed by atoms with van der Waals surface area (Å²) in [6.45, 7) is 0. The molecule has 6 aromatic heterocycles. The van der Waals surface area contributed by atoms with E-state index in [0.717, 1.165) is 166 Å². The normalized spacial score (nSPS) is 12.0. The molecule has 0 aliphatic carbocycles. The number of benzene rings is 15. The summed E-state index contributed by atoms with van der Waals surface area (Å²) in [5.74, 6) is 1.51. The molecule has 6 heterocycles. The van der Waals surface area contributed by atoms with Gasteiger partial charge in [0.25, 0.3) is 0 Å². The van der Waals surface area contributed by atoms with E-state index in [0.29, 0.717) is 17.5 Å². The summed E-state index contributed by atoms with van der Waals surface area (Å²) in [6.07, 6.45) is 0. The largest absolute Gasteiger partial charge is 0.456 e. The second kappa shape index (κ2) is 22.4. The van der Waals surface area contributed by atoms with Gasteiger partial charge in [0.05, 0.1) is 50.2 Å². The average Bonchev–Trinajstić information content (AvgIpc) is 1.56. The first kappa shape index (κ1) is 56.5. The summed E-state index contributed by atoms with van der Waals surface area (Å²) in [4.78, 5) is 16.5. The Morgan fingerprint density at radius 1 is 0.188 bits per heavy atom. The Kier molecular flexibility index (Phi) is 12.5. The first-order valence-corrected chi connectivity index (χ1v) is 34.2. The Balaban J connectivity index is 0.911. The van der Waals surface area contributed by atoms with Crippen molar-refractivity contribution in [3.8, 4) is 95.7 Å². The van der Waals surface area contributed by atoms with E-state index >= 15 is 0 Å². The molecule has 15 aromatic carbocycles. The third-order valence-electron chi connectivity index (χ3n) is 20.5. The van der Waals surface area contributed by atoms with Crippen LogP contribution in [0.4, 0.5) is 0 Å². The Bertz CT molecular complexity index is 6430. The Hall–Kier alpha value is -13.7. The summed E-state index contributed by atoms with van der Waals surface area (Å²) in [7, 11) is 0. The lowest BCUT2D eigenvalue weighted by atomic mass is 9.92. The molecular weight excluding hydrogens is 1230 g/mol. The van der Waals surface area contributed by atoms with Gasteiger partial charge in [-0.05, 0) is 119 Å².